The van der Waals surface area contributed by atoms with Gasteiger partial charge in [-0.25, -0.2) is 0 Å². The molecule has 0 aliphatic carbocycles. The van der Waals surface area contributed by atoms with Gasteiger partial charge in [-0.2, -0.15) is 26.3 Å². The molecule has 0 bridgehead atoms. The van der Waals surface area contributed by atoms with E-state index in [1.54, 1.807) is 12.4 Å². The number of halogens is 6. The Morgan fingerprint density at radius 1 is 0.913 bits per heavy atom. The summed E-state index contributed by atoms with van der Waals surface area (Å²) in [6.07, 6.45) is -6.81. The number of alkyl halides is 6. The van der Waals surface area contributed by atoms with Crippen LogP contribution >= 0.6 is 0 Å². The van der Waals surface area contributed by atoms with E-state index in [-0.39, 0.29) is 27.2 Å². The second-order valence-corrected chi connectivity index (χ2v) is 3.09. The van der Waals surface area contributed by atoms with Gasteiger partial charge in [0.1, 0.15) is 11.9 Å². The molecular weight excluding hydrogens is 521 g/mol. The number of hydrogen-bond donors (Lipinski definition) is 1. The van der Waals surface area contributed by atoms with Crippen molar-refractivity contribution in [2.75, 3.05) is 0 Å². The van der Waals surface area contributed by atoms with Crippen molar-refractivity contribution >= 4 is 11.9 Å². The van der Waals surface area contributed by atoms with Crippen molar-refractivity contribution in [2.24, 2.45) is 0 Å². The summed E-state index contributed by atoms with van der Waals surface area (Å²) >= 11 is 0. The van der Waals surface area contributed by atoms with E-state index in [1.807, 2.05) is 19.1 Å². The topological polar surface area (TPSA) is 128 Å². The van der Waals surface area contributed by atoms with Crippen LogP contribution in [-0.2, 0) is 30.7 Å². The number of carbonyl (C=O) groups is 2. The number of aryl methyl sites for hydroxylation is 1. The largest absolute Gasteiger partial charge is 2.00 e. The van der Waals surface area contributed by atoms with Crippen LogP contribution < -0.4 is 16.4 Å². The maximum atomic E-state index is 10.5. The Labute approximate surface area is 140 Å². The van der Waals surface area contributed by atoms with Crippen LogP contribution in [0, 0.1) is 6.92 Å². The second kappa shape index (κ2) is 12.8. The summed E-state index contributed by atoms with van der Waals surface area (Å²) in [6.45, 7) is 2.04. The van der Waals surface area contributed by atoms with Crippen molar-refractivity contribution in [1.82, 2.24) is 11.1 Å². The summed E-state index contributed by atoms with van der Waals surface area (Å²) in [7, 11) is 0. The minimum absolute atomic E-state index is 0. The van der Waals surface area contributed by atoms with Crippen molar-refractivity contribution in [3.05, 3.63) is 30.1 Å². The number of hydrogen-bond acceptors (Lipinski definition) is 6. The third kappa shape index (κ3) is 20.3. The molecule has 0 radical (unpaired) electrons. The Morgan fingerprint density at radius 2 is 1.13 bits per heavy atom. The van der Waals surface area contributed by atoms with Gasteiger partial charge >= 0.3 is 33.4 Å². The first-order valence-electron chi connectivity index (χ1n) is 4.71. The van der Waals surface area contributed by atoms with Gasteiger partial charge in [0.05, 0.1) is 0 Å². The zero-order valence-electron chi connectivity index (χ0n) is 11.2. The number of nitrogens with zero attached hydrogens (tertiary/aromatic N) is 1. The zero-order chi connectivity index (χ0) is 17.3. The van der Waals surface area contributed by atoms with Crippen LogP contribution in [0.4, 0.5) is 26.3 Å². The summed E-state index contributed by atoms with van der Waals surface area (Å²) in [4.78, 5) is 21.4. The number of pyridine rings is 1. The molecule has 0 fully saturated rings. The van der Waals surface area contributed by atoms with E-state index in [9.17, 15) is 26.3 Å². The molecular formula is C10H10F6N2O4Pt. The summed E-state index contributed by atoms with van der Waals surface area (Å²) < 4.78 is 63.1. The van der Waals surface area contributed by atoms with Crippen LogP contribution in [0.25, 0.3) is 0 Å². The molecule has 0 aromatic carbocycles. The second-order valence-electron chi connectivity index (χ2n) is 3.09. The molecule has 0 saturated heterocycles. The molecule has 1 rings (SSSR count). The van der Waals surface area contributed by atoms with E-state index in [2.05, 4.69) is 4.98 Å². The van der Waals surface area contributed by atoms with E-state index in [1.165, 1.54) is 5.56 Å². The maximum Gasteiger partial charge on any atom is 2.00 e. The quantitative estimate of drug-likeness (QED) is 0.475. The molecule has 0 spiro atoms. The summed E-state index contributed by atoms with van der Waals surface area (Å²) in [5.74, 6) is -6.01. The first kappa shape index (κ1) is 29.3. The van der Waals surface area contributed by atoms with Gasteiger partial charge in [0.15, 0.2) is 0 Å². The minimum atomic E-state index is -5.19. The van der Waals surface area contributed by atoms with Crippen molar-refractivity contribution in [2.45, 2.75) is 19.3 Å². The van der Waals surface area contributed by atoms with E-state index in [4.69, 9.17) is 19.8 Å². The Kier molecular flexibility index (Phi) is 16.4. The molecule has 3 N–H and O–H groups in total. The third-order valence-electron chi connectivity index (χ3n) is 1.31. The van der Waals surface area contributed by atoms with Crippen LogP contribution in [0.3, 0.4) is 0 Å². The predicted octanol–water partition coefficient (Wildman–Crippen LogP) is 0.147. The molecule has 13 heteroatoms. The molecule has 0 unspecified atom stereocenters. The number of carbonyl (C=O) groups excluding carboxylic acids is 2. The van der Waals surface area contributed by atoms with Gasteiger partial charge in [-0.05, 0) is 24.6 Å². The van der Waals surface area contributed by atoms with Crippen molar-refractivity contribution < 1.29 is 67.2 Å². The Hall–Kier alpha value is -1.68. The fourth-order valence-electron chi connectivity index (χ4n) is 0.426. The molecule has 0 aliphatic heterocycles. The van der Waals surface area contributed by atoms with Crippen molar-refractivity contribution in [1.29, 1.82) is 0 Å². The number of aromatic nitrogens is 1. The fraction of sp³-hybridized carbons (Fsp3) is 0.300. The Balaban J connectivity index is -0.000000113. The summed E-state index contributed by atoms with van der Waals surface area (Å²) in [5.41, 5.74) is 1.26. The van der Waals surface area contributed by atoms with Gasteiger partial charge in [0.25, 0.3) is 0 Å². The molecule has 1 aromatic rings. The van der Waals surface area contributed by atoms with Crippen LogP contribution in [0.5, 0.6) is 0 Å². The monoisotopic (exact) mass is 531 g/mol. The van der Waals surface area contributed by atoms with Gasteiger partial charge in [0, 0.05) is 12.4 Å². The van der Waals surface area contributed by atoms with Crippen LogP contribution in [-0.4, -0.2) is 29.3 Å². The van der Waals surface area contributed by atoms with Gasteiger partial charge in [-0.3, -0.25) is 4.98 Å². The number of carboxylic acid groups (broad SMARTS) is 2. The van der Waals surface area contributed by atoms with E-state index in [0.717, 1.165) is 0 Å². The molecule has 6 nitrogen and oxygen atoms in total. The smallest absolute Gasteiger partial charge is 0.542 e. The third-order valence-corrected chi connectivity index (χ3v) is 1.31. The number of rotatable bonds is 0. The first-order chi connectivity index (χ1) is 9.28. The van der Waals surface area contributed by atoms with Gasteiger partial charge in [-0.1, -0.05) is 0 Å². The molecule has 136 valence electrons. The molecule has 0 amide bonds. The molecule has 23 heavy (non-hydrogen) atoms. The minimum Gasteiger partial charge on any atom is -0.542 e. The fourth-order valence-corrected chi connectivity index (χ4v) is 0.426. The zero-order valence-corrected chi connectivity index (χ0v) is 13.5. The molecule has 0 aliphatic rings. The standard InChI is InChI=1S/C6H7N.2C2HF3O2.H3N.Pt/c1-6-2-4-7-5-3-6;2*3-2(4,5)1(6)7;;/h2-5H,1H3;2*(H,6,7);1H3;/q;;;;+2/p-2. The molecule has 0 atom stereocenters. The van der Waals surface area contributed by atoms with E-state index in [0.29, 0.717) is 0 Å². The normalized spacial score (nSPS) is 9.52. The van der Waals surface area contributed by atoms with Gasteiger partial charge < -0.3 is 26.0 Å². The van der Waals surface area contributed by atoms with Crippen molar-refractivity contribution in [3.63, 3.8) is 0 Å². The maximum absolute atomic E-state index is 10.5. The number of carboxylic acids is 2. The van der Waals surface area contributed by atoms with E-state index >= 15 is 0 Å². The van der Waals surface area contributed by atoms with Crippen LogP contribution in [0.2, 0.25) is 0 Å². The van der Waals surface area contributed by atoms with Crippen LogP contribution in [0.1, 0.15) is 5.56 Å². The Morgan fingerprint density at radius 3 is 1.22 bits per heavy atom. The summed E-state index contributed by atoms with van der Waals surface area (Å²) in [6, 6.07) is 3.94. The molecule has 1 heterocycles. The average molecular weight is 531 g/mol. The Bertz CT molecular complexity index is 429. The van der Waals surface area contributed by atoms with Gasteiger partial charge in [-0.15, -0.1) is 0 Å². The molecule has 0 saturated carbocycles. The first-order valence-corrected chi connectivity index (χ1v) is 4.71. The van der Waals surface area contributed by atoms with Crippen LogP contribution in [0.15, 0.2) is 24.5 Å². The number of aliphatic carboxylic acids is 2. The average Bonchev–Trinajstić information content (AvgIpc) is 2.28. The summed E-state index contributed by atoms with van der Waals surface area (Å²) in [5, 5.41) is 17.6. The molecule has 1 aromatic heterocycles. The van der Waals surface area contributed by atoms with Gasteiger partial charge in [0.2, 0.25) is 0 Å². The predicted molar refractivity (Wildman–Crippen MR) is 56.1 cm³/mol. The van der Waals surface area contributed by atoms with E-state index < -0.39 is 24.3 Å². The van der Waals surface area contributed by atoms with Crippen molar-refractivity contribution in [3.8, 4) is 0 Å². The SMILES string of the molecule is Cc1ccncc1.N.O=C([O-])C(F)(F)F.O=C([O-])C(F)(F)F.[Pt+2].